The van der Waals surface area contributed by atoms with E-state index in [1.54, 1.807) is 33.8 Å². The second-order valence-electron chi connectivity index (χ2n) is 6.14. The van der Waals surface area contributed by atoms with Crippen LogP contribution in [0.15, 0.2) is 34.9 Å². The second-order valence-corrected chi connectivity index (χ2v) is 6.14. The molecule has 0 aliphatic carbocycles. The fourth-order valence-electron chi connectivity index (χ4n) is 2.97. The number of ether oxygens (including phenoxy) is 1. The molecule has 7 heteroatoms. The third-order valence-corrected chi connectivity index (χ3v) is 4.07. The molecule has 0 fully saturated rings. The van der Waals surface area contributed by atoms with Gasteiger partial charge in [0.15, 0.2) is 0 Å². The zero-order valence-electron chi connectivity index (χ0n) is 14.8. The second kappa shape index (κ2) is 6.59. The van der Waals surface area contributed by atoms with Crippen molar-refractivity contribution in [2.45, 2.75) is 27.7 Å². The summed E-state index contributed by atoms with van der Waals surface area (Å²) in [5.74, 6) is 0.877. The average molecular weight is 356 g/mol. The number of aryl methyl sites for hydroxylation is 4. The molecule has 3 rings (SSSR count). The third-order valence-electron chi connectivity index (χ3n) is 4.07. The zero-order chi connectivity index (χ0) is 19.0. The lowest BCUT2D eigenvalue weighted by Crippen LogP contribution is -1.96. The van der Waals surface area contributed by atoms with Gasteiger partial charge in [-0.05, 0) is 56.5 Å². The number of hydrogen-bond acceptors (Lipinski definition) is 5. The Balaban J connectivity index is 2.03. The van der Waals surface area contributed by atoms with Crippen molar-refractivity contribution >= 4 is 5.69 Å². The normalized spacial score (nSPS) is 10.8. The van der Waals surface area contributed by atoms with Crippen LogP contribution in [0.25, 0.3) is 11.1 Å². The molecule has 134 valence electrons. The fraction of sp³-hybridized carbons (Fsp3) is 0.211. The Morgan fingerprint density at radius 2 is 1.73 bits per heavy atom. The molecule has 2 aromatic carbocycles. The maximum atomic E-state index is 14.1. The van der Waals surface area contributed by atoms with E-state index in [0.29, 0.717) is 45.2 Å². The van der Waals surface area contributed by atoms with E-state index in [2.05, 4.69) is 5.16 Å². The molecule has 0 aliphatic rings. The van der Waals surface area contributed by atoms with E-state index in [-0.39, 0.29) is 5.69 Å². The summed E-state index contributed by atoms with van der Waals surface area (Å²) < 4.78 is 25.1. The summed E-state index contributed by atoms with van der Waals surface area (Å²) in [5.41, 5.74) is 3.14. The minimum atomic E-state index is -0.463. The molecule has 0 saturated heterocycles. The van der Waals surface area contributed by atoms with Crippen molar-refractivity contribution in [3.05, 3.63) is 68.8 Å². The van der Waals surface area contributed by atoms with Crippen molar-refractivity contribution in [1.82, 2.24) is 5.16 Å². The monoisotopic (exact) mass is 356 g/mol. The van der Waals surface area contributed by atoms with Gasteiger partial charge in [0, 0.05) is 23.8 Å². The summed E-state index contributed by atoms with van der Waals surface area (Å²) in [5, 5.41) is 14.8. The maximum Gasteiger partial charge on any atom is 0.270 e. The van der Waals surface area contributed by atoms with E-state index in [4.69, 9.17) is 9.26 Å². The topological polar surface area (TPSA) is 78.4 Å². The lowest BCUT2D eigenvalue weighted by atomic mass is 10.0. The van der Waals surface area contributed by atoms with Crippen LogP contribution >= 0.6 is 0 Å². The molecule has 6 nitrogen and oxygen atoms in total. The van der Waals surface area contributed by atoms with E-state index in [0.717, 1.165) is 0 Å². The number of benzene rings is 2. The summed E-state index contributed by atoms with van der Waals surface area (Å²) in [6.45, 7) is 6.96. The van der Waals surface area contributed by atoms with Gasteiger partial charge in [-0.1, -0.05) is 5.16 Å². The van der Waals surface area contributed by atoms with Gasteiger partial charge in [-0.2, -0.15) is 0 Å². The first-order valence-corrected chi connectivity index (χ1v) is 7.93. The maximum absolute atomic E-state index is 14.1. The summed E-state index contributed by atoms with van der Waals surface area (Å²) in [7, 11) is 0. The van der Waals surface area contributed by atoms with Crippen LogP contribution in [0.4, 0.5) is 10.1 Å². The van der Waals surface area contributed by atoms with E-state index in [1.807, 2.05) is 0 Å². The van der Waals surface area contributed by atoms with Gasteiger partial charge in [-0.3, -0.25) is 10.1 Å². The first kappa shape index (κ1) is 17.6. The lowest BCUT2D eigenvalue weighted by molar-refractivity contribution is -0.385. The SMILES string of the molecule is Cc1cc([N+](=O)[O-])cc(C)c1Oc1cc(F)cc(-c2c(C)noc2C)c1. The number of hydrogen-bond donors (Lipinski definition) is 0. The standard InChI is InChI=1S/C19H17FN2O4/c1-10-5-16(22(23)24)6-11(2)19(10)25-17-8-14(7-15(20)9-17)18-12(3)21-26-13(18)4/h5-9H,1-4H3. The molecular formula is C19H17FN2O4. The average Bonchev–Trinajstić information content (AvgIpc) is 2.89. The van der Waals surface area contributed by atoms with Crippen LogP contribution in [-0.2, 0) is 0 Å². The van der Waals surface area contributed by atoms with Gasteiger partial charge < -0.3 is 9.26 Å². The molecule has 1 heterocycles. The number of non-ortho nitro benzene ring substituents is 1. The van der Waals surface area contributed by atoms with Crippen LogP contribution in [0, 0.1) is 43.6 Å². The van der Waals surface area contributed by atoms with E-state index < -0.39 is 10.7 Å². The number of nitro benzene ring substituents is 1. The Labute approximate surface area is 149 Å². The largest absolute Gasteiger partial charge is 0.457 e. The van der Waals surface area contributed by atoms with Crippen LogP contribution in [0.5, 0.6) is 11.5 Å². The summed E-state index contributed by atoms with van der Waals surface area (Å²) >= 11 is 0. The van der Waals surface area contributed by atoms with Crippen LogP contribution in [0.1, 0.15) is 22.6 Å². The van der Waals surface area contributed by atoms with Crippen molar-refractivity contribution in [3.63, 3.8) is 0 Å². The third kappa shape index (κ3) is 3.28. The Hall–Kier alpha value is -3.22. The molecule has 0 spiro atoms. The zero-order valence-corrected chi connectivity index (χ0v) is 14.8. The molecule has 0 bridgehead atoms. The Morgan fingerprint density at radius 3 is 2.27 bits per heavy atom. The van der Waals surface area contributed by atoms with Crippen LogP contribution in [0.3, 0.4) is 0 Å². The Kier molecular flexibility index (Phi) is 4.46. The lowest BCUT2D eigenvalue weighted by Gasteiger charge is -2.13. The molecule has 0 N–H and O–H groups in total. The molecule has 0 aliphatic heterocycles. The van der Waals surface area contributed by atoms with E-state index in [1.165, 1.54) is 24.3 Å². The van der Waals surface area contributed by atoms with Crippen molar-refractivity contribution in [2.24, 2.45) is 0 Å². The van der Waals surface area contributed by atoms with Gasteiger partial charge in [0.25, 0.3) is 5.69 Å². The number of nitrogens with zero attached hydrogens (tertiary/aromatic N) is 2. The van der Waals surface area contributed by atoms with Gasteiger partial charge in [0.2, 0.25) is 0 Å². The fourth-order valence-corrected chi connectivity index (χ4v) is 2.97. The van der Waals surface area contributed by atoms with Crippen molar-refractivity contribution in [1.29, 1.82) is 0 Å². The Bertz CT molecular complexity index is 968. The van der Waals surface area contributed by atoms with Gasteiger partial charge in [0.1, 0.15) is 23.1 Å². The molecule has 1 aromatic heterocycles. The molecule has 0 radical (unpaired) electrons. The number of nitro groups is 1. The highest BCUT2D eigenvalue weighted by Gasteiger charge is 2.17. The molecule has 3 aromatic rings. The predicted octanol–water partition coefficient (Wildman–Crippen LogP) is 5.41. The van der Waals surface area contributed by atoms with Crippen LogP contribution < -0.4 is 4.74 Å². The summed E-state index contributed by atoms with van der Waals surface area (Å²) in [6.07, 6.45) is 0. The highest BCUT2D eigenvalue weighted by molar-refractivity contribution is 5.69. The molecule has 26 heavy (non-hydrogen) atoms. The summed E-state index contributed by atoms with van der Waals surface area (Å²) in [4.78, 5) is 10.5. The molecule has 0 unspecified atom stereocenters. The molecular weight excluding hydrogens is 339 g/mol. The number of rotatable bonds is 4. The summed E-state index contributed by atoms with van der Waals surface area (Å²) in [6, 6.07) is 7.19. The molecule has 0 saturated carbocycles. The quantitative estimate of drug-likeness (QED) is 0.461. The van der Waals surface area contributed by atoms with Crippen LogP contribution in [-0.4, -0.2) is 10.1 Å². The molecule has 0 amide bonds. The van der Waals surface area contributed by atoms with Gasteiger partial charge in [-0.15, -0.1) is 0 Å². The van der Waals surface area contributed by atoms with Gasteiger partial charge >= 0.3 is 0 Å². The van der Waals surface area contributed by atoms with Crippen molar-refractivity contribution in [2.75, 3.05) is 0 Å². The van der Waals surface area contributed by atoms with Crippen molar-refractivity contribution < 1.29 is 18.6 Å². The van der Waals surface area contributed by atoms with Crippen molar-refractivity contribution in [3.8, 4) is 22.6 Å². The smallest absolute Gasteiger partial charge is 0.270 e. The first-order chi connectivity index (χ1) is 12.3. The van der Waals surface area contributed by atoms with Crippen LogP contribution in [0.2, 0.25) is 0 Å². The number of halogens is 1. The van der Waals surface area contributed by atoms with Gasteiger partial charge in [0.05, 0.1) is 10.6 Å². The van der Waals surface area contributed by atoms with Gasteiger partial charge in [-0.25, -0.2) is 4.39 Å². The first-order valence-electron chi connectivity index (χ1n) is 7.93. The molecule has 0 atom stereocenters. The predicted molar refractivity (Wildman–Crippen MR) is 94.0 cm³/mol. The number of aromatic nitrogens is 1. The minimum Gasteiger partial charge on any atom is -0.457 e. The minimum absolute atomic E-state index is 0.0111. The van der Waals surface area contributed by atoms with E-state index >= 15 is 0 Å². The highest BCUT2D eigenvalue weighted by Crippen LogP contribution is 2.35. The van der Waals surface area contributed by atoms with E-state index in [9.17, 15) is 14.5 Å². The highest BCUT2D eigenvalue weighted by atomic mass is 19.1. The Morgan fingerprint density at radius 1 is 1.08 bits per heavy atom.